The summed E-state index contributed by atoms with van der Waals surface area (Å²) in [6.07, 6.45) is 1.10. The van der Waals surface area contributed by atoms with Gasteiger partial charge in [-0.1, -0.05) is 25.1 Å². The fourth-order valence-electron chi connectivity index (χ4n) is 2.47. The standard InChI is InChI=1S/C16H18N4OS/c1-4-9-22-12-8-6-5-7-11(12)14-17-15-13(16(21)18-14)10(2)19-20(15)3/h5-8H,4,9H2,1-3H3,(H,17,18,21). The molecule has 0 aliphatic rings. The Balaban J connectivity index is 2.19. The first-order valence-electron chi connectivity index (χ1n) is 7.27. The van der Waals surface area contributed by atoms with Gasteiger partial charge in [0.1, 0.15) is 11.2 Å². The lowest BCUT2D eigenvalue weighted by atomic mass is 10.2. The van der Waals surface area contributed by atoms with Crippen molar-refractivity contribution in [2.45, 2.75) is 25.2 Å². The van der Waals surface area contributed by atoms with Gasteiger partial charge in [0, 0.05) is 17.5 Å². The highest BCUT2D eigenvalue weighted by Crippen LogP contribution is 2.29. The summed E-state index contributed by atoms with van der Waals surface area (Å²) in [5.41, 5.74) is 2.14. The maximum absolute atomic E-state index is 12.4. The summed E-state index contributed by atoms with van der Waals surface area (Å²) in [7, 11) is 1.81. The van der Waals surface area contributed by atoms with Crippen molar-refractivity contribution in [1.82, 2.24) is 19.7 Å². The predicted molar refractivity (Wildman–Crippen MR) is 90.3 cm³/mol. The highest BCUT2D eigenvalue weighted by molar-refractivity contribution is 7.99. The van der Waals surface area contributed by atoms with Crippen LogP contribution >= 0.6 is 11.8 Å². The largest absolute Gasteiger partial charge is 0.306 e. The molecule has 3 aromatic rings. The van der Waals surface area contributed by atoms with Gasteiger partial charge in [-0.25, -0.2) is 9.67 Å². The van der Waals surface area contributed by atoms with E-state index >= 15 is 0 Å². The molecular formula is C16H18N4OS. The number of nitrogens with zero attached hydrogens (tertiary/aromatic N) is 3. The zero-order valence-corrected chi connectivity index (χ0v) is 13.7. The fraction of sp³-hybridized carbons (Fsp3) is 0.312. The molecule has 0 fully saturated rings. The number of nitrogens with one attached hydrogen (secondary N) is 1. The van der Waals surface area contributed by atoms with Crippen molar-refractivity contribution in [3.05, 3.63) is 40.3 Å². The SMILES string of the molecule is CCCSc1ccccc1-c1nc2c(c(C)nn2C)c(=O)[nH]1. The lowest BCUT2D eigenvalue weighted by molar-refractivity contribution is 0.773. The Morgan fingerprint density at radius 2 is 2.09 bits per heavy atom. The molecular weight excluding hydrogens is 296 g/mol. The quantitative estimate of drug-likeness (QED) is 0.752. The van der Waals surface area contributed by atoms with E-state index in [4.69, 9.17) is 0 Å². The van der Waals surface area contributed by atoms with E-state index in [1.807, 2.05) is 32.2 Å². The molecule has 22 heavy (non-hydrogen) atoms. The van der Waals surface area contributed by atoms with Gasteiger partial charge in [-0.15, -0.1) is 11.8 Å². The van der Waals surface area contributed by atoms with Gasteiger partial charge in [-0.2, -0.15) is 5.10 Å². The second-order valence-electron chi connectivity index (χ2n) is 5.17. The number of hydrogen-bond donors (Lipinski definition) is 1. The molecule has 5 nitrogen and oxygen atoms in total. The van der Waals surface area contributed by atoms with Crippen molar-refractivity contribution in [2.75, 3.05) is 5.75 Å². The molecule has 0 bridgehead atoms. The van der Waals surface area contributed by atoms with E-state index < -0.39 is 0 Å². The summed E-state index contributed by atoms with van der Waals surface area (Å²) in [6.45, 7) is 3.98. The molecule has 0 aliphatic carbocycles. The molecule has 1 N–H and O–H groups in total. The Morgan fingerprint density at radius 3 is 2.86 bits per heavy atom. The number of aromatic amines is 1. The van der Waals surface area contributed by atoms with Gasteiger partial charge >= 0.3 is 0 Å². The number of H-pyrrole nitrogens is 1. The molecule has 0 amide bonds. The van der Waals surface area contributed by atoms with Crippen molar-refractivity contribution in [1.29, 1.82) is 0 Å². The summed E-state index contributed by atoms with van der Waals surface area (Å²) in [5.74, 6) is 1.63. The van der Waals surface area contributed by atoms with E-state index in [0.29, 0.717) is 22.6 Å². The van der Waals surface area contributed by atoms with Crippen LogP contribution in [0.25, 0.3) is 22.4 Å². The van der Waals surface area contributed by atoms with Gasteiger partial charge in [0.2, 0.25) is 0 Å². The first-order valence-corrected chi connectivity index (χ1v) is 8.26. The van der Waals surface area contributed by atoms with Crippen LogP contribution in [-0.4, -0.2) is 25.5 Å². The van der Waals surface area contributed by atoms with Crippen LogP contribution < -0.4 is 5.56 Å². The second kappa shape index (κ2) is 5.96. The van der Waals surface area contributed by atoms with Crippen LogP contribution in [0.4, 0.5) is 0 Å². The van der Waals surface area contributed by atoms with E-state index in [1.165, 1.54) is 0 Å². The van der Waals surface area contributed by atoms with Gasteiger partial charge in [-0.05, 0) is 25.2 Å². The van der Waals surface area contributed by atoms with Gasteiger partial charge in [-0.3, -0.25) is 4.79 Å². The number of hydrogen-bond acceptors (Lipinski definition) is 4. The minimum Gasteiger partial charge on any atom is -0.306 e. The van der Waals surface area contributed by atoms with E-state index in [0.717, 1.165) is 22.6 Å². The van der Waals surface area contributed by atoms with Gasteiger partial charge < -0.3 is 4.98 Å². The zero-order chi connectivity index (χ0) is 15.7. The van der Waals surface area contributed by atoms with E-state index in [1.54, 1.807) is 16.4 Å². The van der Waals surface area contributed by atoms with Crippen molar-refractivity contribution < 1.29 is 0 Å². The van der Waals surface area contributed by atoms with E-state index in [2.05, 4.69) is 28.1 Å². The summed E-state index contributed by atoms with van der Waals surface area (Å²) in [6, 6.07) is 8.02. The molecule has 0 spiro atoms. The minimum atomic E-state index is -0.138. The molecule has 0 saturated carbocycles. The Hall–Kier alpha value is -2.08. The molecule has 0 aliphatic heterocycles. The topological polar surface area (TPSA) is 63.6 Å². The van der Waals surface area contributed by atoms with E-state index in [9.17, 15) is 4.79 Å². The number of aryl methyl sites for hydroxylation is 2. The zero-order valence-electron chi connectivity index (χ0n) is 12.9. The normalized spacial score (nSPS) is 11.2. The maximum atomic E-state index is 12.4. The van der Waals surface area contributed by atoms with Crippen LogP contribution in [0.1, 0.15) is 19.0 Å². The van der Waals surface area contributed by atoms with Crippen molar-refractivity contribution in [3.63, 3.8) is 0 Å². The average molecular weight is 314 g/mol. The smallest absolute Gasteiger partial charge is 0.262 e. The number of fused-ring (bicyclic) bond motifs is 1. The van der Waals surface area contributed by atoms with Crippen LogP contribution in [0.5, 0.6) is 0 Å². The van der Waals surface area contributed by atoms with Crippen LogP contribution in [0.3, 0.4) is 0 Å². The van der Waals surface area contributed by atoms with Crippen molar-refractivity contribution >= 4 is 22.8 Å². The highest BCUT2D eigenvalue weighted by atomic mass is 32.2. The number of aromatic nitrogens is 4. The molecule has 0 radical (unpaired) electrons. The third-order valence-electron chi connectivity index (χ3n) is 3.47. The van der Waals surface area contributed by atoms with Gasteiger partial charge in [0.25, 0.3) is 5.56 Å². The molecule has 2 heterocycles. The Morgan fingerprint density at radius 1 is 1.32 bits per heavy atom. The average Bonchev–Trinajstić information content (AvgIpc) is 2.80. The van der Waals surface area contributed by atoms with Crippen LogP contribution in [0.2, 0.25) is 0 Å². The lowest BCUT2D eigenvalue weighted by Crippen LogP contribution is -2.10. The number of thioether (sulfide) groups is 1. The summed E-state index contributed by atoms with van der Waals surface area (Å²) in [5, 5.41) is 4.85. The molecule has 2 aromatic heterocycles. The van der Waals surface area contributed by atoms with Crippen LogP contribution in [0.15, 0.2) is 34.0 Å². The number of benzene rings is 1. The lowest BCUT2D eigenvalue weighted by Gasteiger charge is -2.08. The molecule has 0 unspecified atom stereocenters. The molecule has 114 valence electrons. The van der Waals surface area contributed by atoms with Gasteiger partial charge in [0.15, 0.2) is 5.65 Å². The Bertz CT molecular complexity index is 881. The monoisotopic (exact) mass is 314 g/mol. The summed E-state index contributed by atoms with van der Waals surface area (Å²) < 4.78 is 1.66. The molecule has 0 saturated heterocycles. The van der Waals surface area contributed by atoms with Crippen molar-refractivity contribution in [2.24, 2.45) is 7.05 Å². The summed E-state index contributed by atoms with van der Waals surface area (Å²) in [4.78, 5) is 21.0. The fourth-order valence-corrected chi connectivity index (χ4v) is 3.39. The molecule has 6 heteroatoms. The first kappa shape index (κ1) is 14.8. The Kier molecular flexibility index (Phi) is 4.02. The molecule has 1 aromatic carbocycles. The minimum absolute atomic E-state index is 0.138. The van der Waals surface area contributed by atoms with E-state index in [-0.39, 0.29) is 5.56 Å². The second-order valence-corrected chi connectivity index (χ2v) is 6.30. The van der Waals surface area contributed by atoms with Crippen LogP contribution in [-0.2, 0) is 7.05 Å². The first-order chi connectivity index (χ1) is 10.6. The third-order valence-corrected chi connectivity index (χ3v) is 4.75. The molecule has 0 atom stereocenters. The van der Waals surface area contributed by atoms with Crippen molar-refractivity contribution in [3.8, 4) is 11.4 Å². The summed E-state index contributed by atoms with van der Waals surface area (Å²) >= 11 is 1.78. The number of rotatable bonds is 4. The Labute approximate surface area is 132 Å². The molecule has 3 rings (SSSR count). The van der Waals surface area contributed by atoms with Crippen LogP contribution in [0, 0.1) is 6.92 Å². The predicted octanol–water partition coefficient (Wildman–Crippen LogP) is 3.13. The highest BCUT2D eigenvalue weighted by Gasteiger charge is 2.14. The third kappa shape index (κ3) is 2.54. The van der Waals surface area contributed by atoms with Gasteiger partial charge in [0.05, 0.1) is 5.69 Å². The maximum Gasteiger partial charge on any atom is 0.262 e.